The molecule has 0 spiro atoms. The van der Waals surface area contributed by atoms with Crippen molar-refractivity contribution < 1.29 is 4.42 Å². The Bertz CT molecular complexity index is 2330. The Morgan fingerprint density at radius 1 is 0.551 bits per heavy atom. The van der Waals surface area contributed by atoms with Gasteiger partial charge in [-0.1, -0.05) is 90.1 Å². The van der Waals surface area contributed by atoms with Crippen molar-refractivity contribution in [2.45, 2.75) is 80.1 Å². The molecule has 0 fully saturated rings. The first kappa shape index (κ1) is 32.3. The van der Waals surface area contributed by atoms with E-state index in [4.69, 9.17) is 24.4 Å². The highest BCUT2D eigenvalue weighted by atomic mass is 16.3. The first-order valence-corrected chi connectivity index (χ1v) is 16.9. The van der Waals surface area contributed by atoms with Gasteiger partial charge < -0.3 is 4.42 Å². The van der Waals surface area contributed by atoms with Crippen molar-refractivity contribution in [3.63, 3.8) is 0 Å². The number of pyridine rings is 2. The molecule has 0 saturated carbocycles. The predicted molar refractivity (Wildman–Crippen MR) is 201 cm³/mol. The van der Waals surface area contributed by atoms with Gasteiger partial charge in [0.05, 0.1) is 5.69 Å². The topological polar surface area (TPSA) is 77.6 Å². The fourth-order valence-electron chi connectivity index (χ4n) is 6.46. The normalized spacial score (nSPS) is 12.3. The van der Waals surface area contributed by atoms with Gasteiger partial charge in [0.25, 0.3) is 0 Å². The largest absolute Gasteiger partial charge is 0.437 e. The van der Waals surface area contributed by atoms with E-state index in [1.54, 1.807) is 0 Å². The molecule has 49 heavy (non-hydrogen) atoms. The average molecular weight is 646 g/mol. The SMILES string of the molecule is Cc1ccc2c(n1)oc1c(-c3cc(-c4c(C)cc(-c5ccc(-c6nc(C(C)(C)C)nc(C(C)(C)C)n6)cc5)cc4C)c(C)cn3)cccc12. The summed E-state index contributed by atoms with van der Waals surface area (Å²) in [6, 6.07) is 25.7. The summed E-state index contributed by atoms with van der Waals surface area (Å²) in [5, 5.41) is 2.06. The van der Waals surface area contributed by atoms with E-state index in [1.807, 2.05) is 19.2 Å². The molecule has 0 unspecified atom stereocenters. The van der Waals surface area contributed by atoms with E-state index in [-0.39, 0.29) is 10.8 Å². The van der Waals surface area contributed by atoms with Crippen LogP contribution in [0.5, 0.6) is 0 Å². The molecule has 246 valence electrons. The minimum atomic E-state index is -0.181. The highest BCUT2D eigenvalue weighted by Crippen LogP contribution is 2.39. The maximum Gasteiger partial charge on any atom is 0.227 e. The molecule has 4 aromatic heterocycles. The number of aryl methyl sites for hydroxylation is 4. The Balaban J connectivity index is 1.25. The number of nitrogens with zero attached hydrogens (tertiary/aromatic N) is 5. The van der Waals surface area contributed by atoms with Crippen LogP contribution >= 0.6 is 0 Å². The molecule has 0 N–H and O–H groups in total. The van der Waals surface area contributed by atoms with Gasteiger partial charge >= 0.3 is 0 Å². The number of fused-ring (bicyclic) bond motifs is 3. The molecule has 0 atom stereocenters. The summed E-state index contributed by atoms with van der Waals surface area (Å²) in [6.45, 7) is 21.4. The number of hydrogen-bond acceptors (Lipinski definition) is 6. The second kappa shape index (κ2) is 11.7. The van der Waals surface area contributed by atoms with Crippen LogP contribution in [0.4, 0.5) is 0 Å². The molecule has 0 aliphatic rings. The number of hydrogen-bond donors (Lipinski definition) is 0. The van der Waals surface area contributed by atoms with Gasteiger partial charge in [0, 0.05) is 44.6 Å². The number of para-hydroxylation sites is 1. The van der Waals surface area contributed by atoms with Crippen LogP contribution in [0.15, 0.2) is 83.4 Å². The van der Waals surface area contributed by atoms with Crippen molar-refractivity contribution in [2.75, 3.05) is 0 Å². The molecule has 0 bridgehead atoms. The van der Waals surface area contributed by atoms with Crippen LogP contribution in [-0.4, -0.2) is 24.9 Å². The van der Waals surface area contributed by atoms with Gasteiger partial charge in [0.15, 0.2) is 5.82 Å². The molecule has 0 saturated heterocycles. The summed E-state index contributed by atoms with van der Waals surface area (Å²) < 4.78 is 6.32. The van der Waals surface area contributed by atoms with E-state index in [9.17, 15) is 0 Å². The third-order valence-corrected chi connectivity index (χ3v) is 9.14. The van der Waals surface area contributed by atoms with Gasteiger partial charge in [-0.05, 0) is 90.9 Å². The number of furan rings is 1. The lowest BCUT2D eigenvalue weighted by atomic mass is 9.89. The second-order valence-electron chi connectivity index (χ2n) is 15.3. The highest BCUT2D eigenvalue weighted by Gasteiger charge is 2.25. The van der Waals surface area contributed by atoms with Crippen LogP contribution in [0.25, 0.3) is 67.0 Å². The summed E-state index contributed by atoms with van der Waals surface area (Å²) in [5.74, 6) is 2.33. The summed E-state index contributed by atoms with van der Waals surface area (Å²) in [5.41, 5.74) is 13.1. The van der Waals surface area contributed by atoms with E-state index in [1.165, 1.54) is 27.8 Å². The average Bonchev–Trinajstić information content (AvgIpc) is 3.42. The Morgan fingerprint density at radius 2 is 1.18 bits per heavy atom. The summed E-state index contributed by atoms with van der Waals surface area (Å²) in [4.78, 5) is 24.1. The first-order chi connectivity index (χ1) is 23.2. The van der Waals surface area contributed by atoms with Crippen molar-refractivity contribution in [3.05, 3.63) is 113 Å². The smallest absolute Gasteiger partial charge is 0.227 e. The molecule has 6 heteroatoms. The molecule has 4 heterocycles. The maximum atomic E-state index is 6.32. The second-order valence-corrected chi connectivity index (χ2v) is 15.3. The zero-order chi connectivity index (χ0) is 34.8. The van der Waals surface area contributed by atoms with Gasteiger partial charge in [0.2, 0.25) is 5.71 Å². The van der Waals surface area contributed by atoms with Gasteiger partial charge in [-0.15, -0.1) is 0 Å². The molecule has 7 rings (SSSR count). The first-order valence-electron chi connectivity index (χ1n) is 16.9. The van der Waals surface area contributed by atoms with E-state index in [0.717, 1.165) is 61.6 Å². The minimum absolute atomic E-state index is 0.181. The van der Waals surface area contributed by atoms with Crippen molar-refractivity contribution >= 4 is 22.1 Å². The molecule has 3 aromatic carbocycles. The molecular weight excluding hydrogens is 603 g/mol. The zero-order valence-corrected chi connectivity index (χ0v) is 30.1. The van der Waals surface area contributed by atoms with Gasteiger partial charge in [-0.25, -0.2) is 19.9 Å². The van der Waals surface area contributed by atoms with Crippen molar-refractivity contribution in [1.29, 1.82) is 0 Å². The Hall–Kier alpha value is -5.23. The predicted octanol–water partition coefficient (Wildman–Crippen LogP) is 11.1. The van der Waals surface area contributed by atoms with Gasteiger partial charge in [0.1, 0.15) is 17.2 Å². The summed E-state index contributed by atoms with van der Waals surface area (Å²) in [6.07, 6.45) is 1.97. The van der Waals surface area contributed by atoms with Gasteiger partial charge in [-0.2, -0.15) is 0 Å². The van der Waals surface area contributed by atoms with Crippen LogP contribution in [0, 0.1) is 27.7 Å². The standard InChI is InChI=1S/C43H43N5O/c1-24-20-30(28-15-17-29(18-16-28)38-46-40(42(5,6)7)48-41(47-38)43(8,9)10)21-25(2)36(24)34-22-35(44-23-26(34)3)33-13-11-12-31-32-19-14-27(4)45-39(32)49-37(31)33/h11-23H,1-10H3. The number of aromatic nitrogens is 5. The lowest BCUT2D eigenvalue weighted by Gasteiger charge is -2.22. The Labute approximate surface area is 288 Å². The fraction of sp³-hybridized carbons (Fsp3) is 0.279. The van der Waals surface area contributed by atoms with E-state index in [2.05, 4.69) is 134 Å². The molecule has 0 aliphatic carbocycles. The fourth-order valence-corrected chi connectivity index (χ4v) is 6.46. The lowest BCUT2D eigenvalue weighted by molar-refractivity contribution is 0.497. The minimum Gasteiger partial charge on any atom is -0.437 e. The van der Waals surface area contributed by atoms with E-state index in [0.29, 0.717) is 11.5 Å². The molecule has 0 amide bonds. The number of rotatable bonds is 4. The molecular formula is C43H43N5O. The summed E-state index contributed by atoms with van der Waals surface area (Å²) >= 11 is 0. The molecule has 0 radical (unpaired) electrons. The monoisotopic (exact) mass is 645 g/mol. The number of benzene rings is 3. The van der Waals surface area contributed by atoms with Gasteiger partial charge in [-0.3, -0.25) is 4.98 Å². The van der Waals surface area contributed by atoms with E-state index < -0.39 is 0 Å². The van der Waals surface area contributed by atoms with Crippen LogP contribution in [0.2, 0.25) is 0 Å². The highest BCUT2D eigenvalue weighted by molar-refractivity contribution is 6.08. The molecule has 0 aliphatic heterocycles. The van der Waals surface area contributed by atoms with Crippen LogP contribution in [0.1, 0.15) is 75.6 Å². The quantitative estimate of drug-likeness (QED) is 0.190. The third kappa shape index (κ3) is 6.01. The van der Waals surface area contributed by atoms with Crippen LogP contribution in [0.3, 0.4) is 0 Å². The van der Waals surface area contributed by atoms with E-state index >= 15 is 0 Å². The van der Waals surface area contributed by atoms with Crippen molar-refractivity contribution in [1.82, 2.24) is 24.9 Å². The van der Waals surface area contributed by atoms with Crippen LogP contribution in [-0.2, 0) is 10.8 Å². The Kier molecular flexibility index (Phi) is 7.74. The summed E-state index contributed by atoms with van der Waals surface area (Å²) in [7, 11) is 0. The Morgan fingerprint density at radius 3 is 1.82 bits per heavy atom. The lowest BCUT2D eigenvalue weighted by Crippen LogP contribution is -2.24. The van der Waals surface area contributed by atoms with Crippen molar-refractivity contribution in [3.8, 4) is 44.9 Å². The van der Waals surface area contributed by atoms with Crippen LogP contribution < -0.4 is 0 Å². The van der Waals surface area contributed by atoms with Crippen molar-refractivity contribution in [2.24, 2.45) is 0 Å². The zero-order valence-electron chi connectivity index (χ0n) is 30.1. The maximum absolute atomic E-state index is 6.32. The molecule has 6 nitrogen and oxygen atoms in total. The molecule has 7 aromatic rings. The third-order valence-electron chi connectivity index (χ3n) is 9.14.